The molecule has 0 spiro atoms. The lowest BCUT2D eigenvalue weighted by Gasteiger charge is -2.37. The van der Waals surface area contributed by atoms with Crippen LogP contribution in [0.1, 0.15) is 25.0 Å². The maximum Gasteiger partial charge on any atom is 0.223 e. The van der Waals surface area contributed by atoms with Crippen molar-refractivity contribution in [2.75, 3.05) is 45.8 Å². The van der Waals surface area contributed by atoms with E-state index in [0.29, 0.717) is 6.42 Å². The van der Waals surface area contributed by atoms with Gasteiger partial charge >= 0.3 is 0 Å². The van der Waals surface area contributed by atoms with Crippen molar-refractivity contribution >= 4 is 17.2 Å². The van der Waals surface area contributed by atoms with Crippen LogP contribution in [0.4, 0.5) is 0 Å². The highest BCUT2D eigenvalue weighted by atomic mass is 32.1. The first-order valence-electron chi connectivity index (χ1n) is 8.11. The zero-order valence-electron chi connectivity index (χ0n) is 13.2. The molecule has 2 atom stereocenters. The molecule has 2 unspecified atom stereocenters. The molecule has 0 aromatic carbocycles. The summed E-state index contributed by atoms with van der Waals surface area (Å²) in [6.45, 7) is 8.26. The average Bonchev–Trinajstić information content (AvgIpc) is 3.07. The lowest BCUT2D eigenvalue weighted by Crippen LogP contribution is -2.48. The number of hydrogen-bond acceptors (Lipinski definition) is 5. The Morgan fingerprint density at radius 3 is 2.95 bits per heavy atom. The largest absolute Gasteiger partial charge is 0.368 e. The molecule has 0 bridgehead atoms. The van der Waals surface area contributed by atoms with Crippen LogP contribution in [0.15, 0.2) is 16.8 Å². The summed E-state index contributed by atoms with van der Waals surface area (Å²) in [5.41, 5.74) is 1.26. The van der Waals surface area contributed by atoms with Gasteiger partial charge < -0.3 is 15.0 Å². The van der Waals surface area contributed by atoms with E-state index in [0.717, 1.165) is 45.8 Å². The number of amides is 1. The third-order valence-electron chi connectivity index (χ3n) is 4.36. The highest BCUT2D eigenvalue weighted by Crippen LogP contribution is 2.26. The van der Waals surface area contributed by atoms with E-state index in [-0.39, 0.29) is 18.1 Å². The van der Waals surface area contributed by atoms with Gasteiger partial charge in [0, 0.05) is 52.2 Å². The number of nitrogens with zero attached hydrogens (tertiary/aromatic N) is 2. The first-order chi connectivity index (χ1) is 10.7. The zero-order chi connectivity index (χ0) is 15.4. The van der Waals surface area contributed by atoms with Crippen molar-refractivity contribution < 1.29 is 9.53 Å². The molecule has 122 valence electrons. The average molecular weight is 323 g/mol. The Bertz CT molecular complexity index is 474. The van der Waals surface area contributed by atoms with Crippen molar-refractivity contribution in [3.63, 3.8) is 0 Å². The van der Waals surface area contributed by atoms with Crippen molar-refractivity contribution in [3.05, 3.63) is 22.4 Å². The lowest BCUT2D eigenvalue weighted by molar-refractivity contribution is -0.133. The van der Waals surface area contributed by atoms with Crippen molar-refractivity contribution in [2.45, 2.75) is 25.6 Å². The molecule has 6 heteroatoms. The minimum Gasteiger partial charge on any atom is -0.368 e. The maximum atomic E-state index is 12.3. The molecule has 0 aliphatic carbocycles. The highest BCUT2D eigenvalue weighted by molar-refractivity contribution is 7.07. The van der Waals surface area contributed by atoms with Crippen LogP contribution in [-0.2, 0) is 9.53 Å². The number of carbonyl (C=O) groups excluding carboxylic acids is 1. The second kappa shape index (κ2) is 7.55. The topological polar surface area (TPSA) is 44.8 Å². The standard InChI is InChI=1S/C16H25N3O2S/c1-13-10-18(11-15(21-13)14-3-9-22-12-14)6-2-16(20)19-7-4-17-5-8-19/h3,9,12-13,15,17H,2,4-8,10-11H2,1H3. The molecule has 1 amide bonds. The first-order valence-corrected chi connectivity index (χ1v) is 9.05. The summed E-state index contributed by atoms with van der Waals surface area (Å²) in [6, 6.07) is 2.14. The Labute approximate surface area is 136 Å². The molecule has 0 radical (unpaired) electrons. The summed E-state index contributed by atoms with van der Waals surface area (Å²) in [5.74, 6) is 0.285. The van der Waals surface area contributed by atoms with Crippen LogP contribution in [-0.4, -0.2) is 67.6 Å². The van der Waals surface area contributed by atoms with Gasteiger partial charge in [0.25, 0.3) is 0 Å². The molecule has 3 heterocycles. The van der Waals surface area contributed by atoms with E-state index >= 15 is 0 Å². The van der Waals surface area contributed by atoms with Crippen LogP contribution >= 0.6 is 11.3 Å². The highest BCUT2D eigenvalue weighted by Gasteiger charge is 2.27. The number of carbonyl (C=O) groups is 1. The molecule has 2 saturated heterocycles. The van der Waals surface area contributed by atoms with Gasteiger partial charge in [0.1, 0.15) is 0 Å². The number of morpholine rings is 1. The molecular weight excluding hydrogens is 298 g/mol. The summed E-state index contributed by atoms with van der Waals surface area (Å²) in [4.78, 5) is 16.6. The monoisotopic (exact) mass is 323 g/mol. The van der Waals surface area contributed by atoms with Gasteiger partial charge in [-0.1, -0.05) is 0 Å². The predicted molar refractivity (Wildman–Crippen MR) is 88.1 cm³/mol. The van der Waals surface area contributed by atoms with Crippen LogP contribution in [0.3, 0.4) is 0 Å². The summed E-state index contributed by atoms with van der Waals surface area (Å²) < 4.78 is 6.05. The van der Waals surface area contributed by atoms with Gasteiger partial charge in [0.2, 0.25) is 5.91 Å². The molecule has 2 aliphatic rings. The third kappa shape index (κ3) is 4.07. The molecule has 1 aromatic heterocycles. The lowest BCUT2D eigenvalue weighted by atomic mass is 10.1. The fourth-order valence-corrected chi connectivity index (χ4v) is 3.89. The quantitative estimate of drug-likeness (QED) is 0.908. The normalized spacial score (nSPS) is 27.0. The Morgan fingerprint density at radius 2 is 2.23 bits per heavy atom. The van der Waals surface area contributed by atoms with Gasteiger partial charge in [-0.15, -0.1) is 0 Å². The molecule has 5 nitrogen and oxygen atoms in total. The minimum absolute atomic E-state index is 0.143. The number of thiophene rings is 1. The van der Waals surface area contributed by atoms with E-state index in [9.17, 15) is 4.79 Å². The Hall–Kier alpha value is -0.950. The molecule has 1 N–H and O–H groups in total. The number of nitrogens with one attached hydrogen (secondary N) is 1. The first kappa shape index (κ1) is 15.9. The molecule has 3 rings (SSSR count). The van der Waals surface area contributed by atoms with Crippen molar-refractivity contribution in [1.82, 2.24) is 15.1 Å². The van der Waals surface area contributed by atoms with Crippen LogP contribution < -0.4 is 5.32 Å². The summed E-state index contributed by atoms with van der Waals surface area (Å²) in [7, 11) is 0. The Balaban J connectivity index is 1.50. The Morgan fingerprint density at radius 1 is 1.41 bits per heavy atom. The van der Waals surface area contributed by atoms with E-state index in [4.69, 9.17) is 4.74 Å². The smallest absolute Gasteiger partial charge is 0.223 e. The van der Waals surface area contributed by atoms with Crippen LogP contribution in [0.2, 0.25) is 0 Å². The van der Waals surface area contributed by atoms with E-state index in [2.05, 4.69) is 34.0 Å². The van der Waals surface area contributed by atoms with Crippen molar-refractivity contribution in [1.29, 1.82) is 0 Å². The maximum absolute atomic E-state index is 12.3. The fraction of sp³-hybridized carbons (Fsp3) is 0.688. The zero-order valence-corrected chi connectivity index (χ0v) is 14.0. The SMILES string of the molecule is CC1CN(CCC(=O)N2CCNCC2)CC(c2ccsc2)O1. The molecule has 22 heavy (non-hydrogen) atoms. The number of rotatable bonds is 4. The fourth-order valence-electron chi connectivity index (χ4n) is 3.19. The van der Waals surface area contributed by atoms with Crippen LogP contribution in [0.25, 0.3) is 0 Å². The summed E-state index contributed by atoms with van der Waals surface area (Å²) in [5, 5.41) is 7.54. The minimum atomic E-state index is 0.143. The van der Waals surface area contributed by atoms with Gasteiger partial charge in [0.15, 0.2) is 0 Å². The molecule has 0 saturated carbocycles. The molecule has 2 aliphatic heterocycles. The van der Waals surface area contributed by atoms with Gasteiger partial charge in [-0.3, -0.25) is 9.69 Å². The van der Waals surface area contributed by atoms with Gasteiger partial charge in [-0.25, -0.2) is 0 Å². The van der Waals surface area contributed by atoms with E-state index in [1.165, 1.54) is 5.56 Å². The second-order valence-corrected chi connectivity index (χ2v) is 6.91. The van der Waals surface area contributed by atoms with Gasteiger partial charge in [0.05, 0.1) is 12.2 Å². The summed E-state index contributed by atoms with van der Waals surface area (Å²) in [6.07, 6.45) is 0.973. The van der Waals surface area contributed by atoms with Gasteiger partial charge in [-0.2, -0.15) is 11.3 Å². The molecule has 1 aromatic rings. The number of hydrogen-bond donors (Lipinski definition) is 1. The number of piperazine rings is 1. The molecule has 2 fully saturated rings. The third-order valence-corrected chi connectivity index (χ3v) is 5.06. The van der Waals surface area contributed by atoms with E-state index in [1.807, 2.05) is 4.90 Å². The van der Waals surface area contributed by atoms with Gasteiger partial charge in [-0.05, 0) is 29.3 Å². The van der Waals surface area contributed by atoms with E-state index in [1.54, 1.807) is 11.3 Å². The van der Waals surface area contributed by atoms with Crippen molar-refractivity contribution in [2.24, 2.45) is 0 Å². The number of ether oxygens (including phenoxy) is 1. The van der Waals surface area contributed by atoms with Crippen LogP contribution in [0, 0.1) is 0 Å². The predicted octanol–water partition coefficient (Wildman–Crippen LogP) is 1.33. The molecular formula is C16H25N3O2S. The van der Waals surface area contributed by atoms with E-state index < -0.39 is 0 Å². The summed E-state index contributed by atoms with van der Waals surface area (Å²) >= 11 is 1.71. The Kier molecular flexibility index (Phi) is 5.46. The second-order valence-electron chi connectivity index (χ2n) is 6.13. The van der Waals surface area contributed by atoms with Crippen molar-refractivity contribution in [3.8, 4) is 0 Å². The van der Waals surface area contributed by atoms with Crippen LogP contribution in [0.5, 0.6) is 0 Å².